The van der Waals surface area contributed by atoms with Crippen LogP contribution in [0.2, 0.25) is 10.0 Å². The van der Waals surface area contributed by atoms with Gasteiger partial charge in [-0.3, -0.25) is 9.59 Å². The molecule has 6 heteroatoms. The molecular formula is C15H16Cl2N2O2. The lowest BCUT2D eigenvalue weighted by atomic mass is 9.92. The van der Waals surface area contributed by atoms with Gasteiger partial charge in [0, 0.05) is 24.0 Å². The zero-order valence-electron chi connectivity index (χ0n) is 11.4. The number of carbonyl (C=O) groups excluding carboxylic acids is 2. The van der Waals surface area contributed by atoms with E-state index in [1.54, 1.807) is 18.2 Å². The quantitative estimate of drug-likeness (QED) is 0.926. The van der Waals surface area contributed by atoms with E-state index in [1.165, 1.54) is 6.42 Å². The zero-order valence-corrected chi connectivity index (χ0v) is 13.0. The molecule has 0 spiro atoms. The van der Waals surface area contributed by atoms with Gasteiger partial charge in [0.05, 0.1) is 16.6 Å². The van der Waals surface area contributed by atoms with Crippen molar-refractivity contribution in [2.24, 2.45) is 5.92 Å². The van der Waals surface area contributed by atoms with Crippen molar-refractivity contribution in [1.82, 2.24) is 4.90 Å². The Bertz CT molecular complexity index is 587. The maximum absolute atomic E-state index is 12.3. The molecule has 1 atom stereocenters. The molecule has 1 aromatic rings. The minimum Gasteiger partial charge on any atom is -0.339 e. The maximum atomic E-state index is 12.3. The number of benzene rings is 1. The van der Waals surface area contributed by atoms with Crippen molar-refractivity contribution in [2.45, 2.75) is 31.7 Å². The smallest absolute Gasteiger partial charge is 0.229 e. The molecule has 2 amide bonds. The van der Waals surface area contributed by atoms with Crippen LogP contribution in [-0.4, -0.2) is 29.3 Å². The van der Waals surface area contributed by atoms with Crippen molar-refractivity contribution in [1.29, 1.82) is 0 Å². The van der Waals surface area contributed by atoms with Gasteiger partial charge in [-0.15, -0.1) is 0 Å². The number of carbonyl (C=O) groups is 2. The molecule has 4 nitrogen and oxygen atoms in total. The Morgan fingerprint density at radius 3 is 2.71 bits per heavy atom. The van der Waals surface area contributed by atoms with Crippen molar-refractivity contribution < 1.29 is 9.59 Å². The summed E-state index contributed by atoms with van der Waals surface area (Å²) in [5.41, 5.74) is 0.490. The van der Waals surface area contributed by atoms with Gasteiger partial charge in [-0.05, 0) is 37.5 Å². The van der Waals surface area contributed by atoms with Gasteiger partial charge in [-0.25, -0.2) is 0 Å². The largest absolute Gasteiger partial charge is 0.339 e. The summed E-state index contributed by atoms with van der Waals surface area (Å²) in [4.78, 5) is 26.2. The second-order valence-corrected chi connectivity index (χ2v) is 6.49. The molecule has 1 aliphatic heterocycles. The number of nitrogens with zero attached hydrogens (tertiary/aromatic N) is 1. The molecule has 0 radical (unpaired) electrons. The van der Waals surface area contributed by atoms with Crippen LogP contribution in [0.5, 0.6) is 0 Å². The molecule has 1 saturated carbocycles. The summed E-state index contributed by atoms with van der Waals surface area (Å²) in [6.45, 7) is 0.507. The topological polar surface area (TPSA) is 49.4 Å². The summed E-state index contributed by atoms with van der Waals surface area (Å²) < 4.78 is 0. The summed E-state index contributed by atoms with van der Waals surface area (Å²) in [5.74, 6) is -0.403. The number of likely N-dealkylation sites (tertiary alicyclic amines) is 1. The fourth-order valence-electron chi connectivity index (χ4n) is 2.79. The van der Waals surface area contributed by atoms with Crippen molar-refractivity contribution >= 4 is 40.7 Å². The van der Waals surface area contributed by atoms with E-state index in [0.29, 0.717) is 28.3 Å². The van der Waals surface area contributed by atoms with Gasteiger partial charge in [0.1, 0.15) is 0 Å². The molecule has 2 fully saturated rings. The average Bonchev–Trinajstić information content (AvgIpc) is 2.74. The number of amides is 2. The third-order valence-electron chi connectivity index (χ3n) is 4.23. The van der Waals surface area contributed by atoms with Gasteiger partial charge in [0.25, 0.3) is 0 Å². The molecule has 1 saturated heterocycles. The molecule has 1 unspecified atom stereocenters. The first-order valence-electron chi connectivity index (χ1n) is 7.10. The SMILES string of the molecule is O=C(Nc1cc(Cl)ccc1Cl)C1CC(=O)N(C2CCC2)C1. The van der Waals surface area contributed by atoms with E-state index < -0.39 is 0 Å². The van der Waals surface area contributed by atoms with Crippen molar-refractivity contribution in [3.05, 3.63) is 28.2 Å². The minimum absolute atomic E-state index is 0.0806. The van der Waals surface area contributed by atoms with Gasteiger partial charge in [-0.2, -0.15) is 0 Å². The molecule has 21 heavy (non-hydrogen) atoms. The lowest BCUT2D eigenvalue weighted by molar-refractivity contribution is -0.131. The summed E-state index contributed by atoms with van der Waals surface area (Å²) in [7, 11) is 0. The lowest BCUT2D eigenvalue weighted by Gasteiger charge is -2.34. The molecule has 0 aromatic heterocycles. The van der Waals surface area contributed by atoms with Crippen molar-refractivity contribution in [3.63, 3.8) is 0 Å². The van der Waals surface area contributed by atoms with E-state index in [2.05, 4.69) is 5.32 Å². The highest BCUT2D eigenvalue weighted by molar-refractivity contribution is 6.35. The number of halogens is 2. The van der Waals surface area contributed by atoms with E-state index in [9.17, 15) is 9.59 Å². The van der Waals surface area contributed by atoms with Crippen LogP contribution in [-0.2, 0) is 9.59 Å². The summed E-state index contributed by atoms with van der Waals surface area (Å²) in [6, 6.07) is 5.25. The molecule has 112 valence electrons. The van der Waals surface area contributed by atoms with E-state index in [1.807, 2.05) is 4.90 Å². The summed E-state index contributed by atoms with van der Waals surface area (Å²) >= 11 is 11.9. The number of anilines is 1. The van der Waals surface area contributed by atoms with Gasteiger partial charge in [0.2, 0.25) is 11.8 Å². The molecule has 2 aliphatic rings. The lowest BCUT2D eigenvalue weighted by Crippen LogP contribution is -2.41. The van der Waals surface area contributed by atoms with Crippen LogP contribution in [0.15, 0.2) is 18.2 Å². The van der Waals surface area contributed by atoms with Crippen LogP contribution in [0.3, 0.4) is 0 Å². The van der Waals surface area contributed by atoms with Crippen LogP contribution in [0.25, 0.3) is 0 Å². The van der Waals surface area contributed by atoms with E-state index in [-0.39, 0.29) is 24.2 Å². The Balaban J connectivity index is 1.66. The molecule has 1 aliphatic carbocycles. The van der Waals surface area contributed by atoms with Crippen LogP contribution in [0.1, 0.15) is 25.7 Å². The van der Waals surface area contributed by atoms with E-state index in [0.717, 1.165) is 12.8 Å². The Hall–Kier alpha value is -1.26. The maximum Gasteiger partial charge on any atom is 0.229 e. The predicted molar refractivity (Wildman–Crippen MR) is 82.6 cm³/mol. The third-order valence-corrected chi connectivity index (χ3v) is 4.80. The Labute approximate surface area is 133 Å². The Kier molecular flexibility index (Phi) is 4.09. The first-order chi connectivity index (χ1) is 10.0. The summed E-state index contributed by atoms with van der Waals surface area (Å²) in [6.07, 6.45) is 3.56. The van der Waals surface area contributed by atoms with Crippen LogP contribution >= 0.6 is 23.2 Å². The number of hydrogen-bond donors (Lipinski definition) is 1. The van der Waals surface area contributed by atoms with E-state index >= 15 is 0 Å². The average molecular weight is 327 g/mol. The second kappa shape index (κ2) is 5.85. The normalized spacial score (nSPS) is 22.3. The van der Waals surface area contributed by atoms with Gasteiger partial charge >= 0.3 is 0 Å². The number of rotatable bonds is 3. The Morgan fingerprint density at radius 1 is 1.29 bits per heavy atom. The first-order valence-corrected chi connectivity index (χ1v) is 7.85. The zero-order chi connectivity index (χ0) is 15.0. The van der Waals surface area contributed by atoms with Crippen molar-refractivity contribution in [3.8, 4) is 0 Å². The second-order valence-electron chi connectivity index (χ2n) is 5.65. The highest BCUT2D eigenvalue weighted by atomic mass is 35.5. The molecule has 3 rings (SSSR count). The van der Waals surface area contributed by atoms with Crippen LogP contribution < -0.4 is 5.32 Å². The van der Waals surface area contributed by atoms with Crippen LogP contribution in [0, 0.1) is 5.92 Å². The fraction of sp³-hybridized carbons (Fsp3) is 0.467. The molecule has 1 N–H and O–H groups in total. The van der Waals surface area contributed by atoms with E-state index in [4.69, 9.17) is 23.2 Å². The highest BCUT2D eigenvalue weighted by Crippen LogP contribution is 2.32. The third kappa shape index (κ3) is 3.01. The summed E-state index contributed by atoms with van der Waals surface area (Å²) in [5, 5.41) is 3.72. The Morgan fingerprint density at radius 2 is 2.05 bits per heavy atom. The highest BCUT2D eigenvalue weighted by Gasteiger charge is 2.39. The van der Waals surface area contributed by atoms with Gasteiger partial charge in [-0.1, -0.05) is 23.2 Å². The van der Waals surface area contributed by atoms with Gasteiger partial charge in [0.15, 0.2) is 0 Å². The molecule has 0 bridgehead atoms. The van der Waals surface area contributed by atoms with Crippen molar-refractivity contribution in [2.75, 3.05) is 11.9 Å². The fourth-order valence-corrected chi connectivity index (χ4v) is 3.12. The molecule has 1 heterocycles. The van der Waals surface area contributed by atoms with Crippen LogP contribution in [0.4, 0.5) is 5.69 Å². The molecule has 1 aromatic carbocycles. The number of hydrogen-bond acceptors (Lipinski definition) is 2. The number of nitrogens with one attached hydrogen (secondary N) is 1. The van der Waals surface area contributed by atoms with Gasteiger partial charge < -0.3 is 10.2 Å². The monoisotopic (exact) mass is 326 g/mol. The standard InChI is InChI=1S/C15H16Cl2N2O2/c16-10-4-5-12(17)13(7-10)18-15(21)9-6-14(20)19(8-9)11-2-1-3-11/h4-5,7,9,11H,1-3,6,8H2,(H,18,21). The minimum atomic E-state index is -0.312. The first kappa shape index (κ1) is 14.7. The molecular weight excluding hydrogens is 311 g/mol. The predicted octanol–water partition coefficient (Wildman–Crippen LogP) is 3.33.